The topological polar surface area (TPSA) is 15.3 Å². The molecule has 0 aromatic heterocycles. The molecule has 2 unspecified atom stereocenters. The molecule has 0 amide bonds. The molecule has 15 heavy (non-hydrogen) atoms. The van der Waals surface area contributed by atoms with Crippen LogP contribution in [0.2, 0.25) is 0 Å². The summed E-state index contributed by atoms with van der Waals surface area (Å²) in [5.41, 5.74) is 0. The van der Waals surface area contributed by atoms with Crippen LogP contribution in [0.5, 0.6) is 0 Å². The Morgan fingerprint density at radius 2 is 2.13 bits per heavy atom. The summed E-state index contributed by atoms with van der Waals surface area (Å²) in [5.74, 6) is 1.58. The van der Waals surface area contributed by atoms with E-state index in [1.54, 1.807) is 0 Å². The van der Waals surface area contributed by atoms with Gasteiger partial charge in [0.25, 0.3) is 0 Å². The molecule has 1 N–H and O–H groups in total. The first-order chi connectivity index (χ1) is 7.15. The Morgan fingerprint density at radius 3 is 2.73 bits per heavy atom. The molecule has 0 bridgehead atoms. The highest BCUT2D eigenvalue weighted by Crippen LogP contribution is 2.17. The Balaban J connectivity index is 2.54. The Morgan fingerprint density at radius 1 is 1.40 bits per heavy atom. The number of nitrogens with one attached hydrogen (secondary N) is 1. The molecule has 0 aromatic rings. The maximum absolute atomic E-state index is 3.52. The minimum atomic E-state index is 0.783. The van der Waals surface area contributed by atoms with Crippen LogP contribution < -0.4 is 5.32 Å². The van der Waals surface area contributed by atoms with E-state index in [9.17, 15) is 0 Å². The van der Waals surface area contributed by atoms with E-state index in [1.807, 2.05) is 0 Å². The van der Waals surface area contributed by atoms with Gasteiger partial charge in [0, 0.05) is 12.6 Å². The van der Waals surface area contributed by atoms with E-state index < -0.39 is 0 Å². The number of rotatable bonds is 3. The molecule has 2 atom stereocenters. The SMILES string of the molecule is CCC(C(C)C)N1CCCNCC(C)C1. The molecular formula is C13H28N2. The van der Waals surface area contributed by atoms with Gasteiger partial charge in [0.05, 0.1) is 0 Å². The van der Waals surface area contributed by atoms with Gasteiger partial charge < -0.3 is 5.32 Å². The van der Waals surface area contributed by atoms with Crippen LogP contribution in [0.3, 0.4) is 0 Å². The van der Waals surface area contributed by atoms with Gasteiger partial charge in [0.2, 0.25) is 0 Å². The molecule has 1 fully saturated rings. The van der Waals surface area contributed by atoms with Gasteiger partial charge in [-0.05, 0) is 44.3 Å². The van der Waals surface area contributed by atoms with Crippen LogP contribution in [0.15, 0.2) is 0 Å². The lowest BCUT2D eigenvalue weighted by molar-refractivity contribution is 0.120. The quantitative estimate of drug-likeness (QED) is 0.772. The summed E-state index contributed by atoms with van der Waals surface area (Å²) in [4.78, 5) is 2.72. The molecule has 1 aliphatic heterocycles. The number of hydrogen-bond acceptors (Lipinski definition) is 2. The minimum absolute atomic E-state index is 0.783. The van der Waals surface area contributed by atoms with Crippen molar-refractivity contribution >= 4 is 0 Å². The van der Waals surface area contributed by atoms with E-state index in [1.165, 1.54) is 39.0 Å². The zero-order chi connectivity index (χ0) is 11.3. The lowest BCUT2D eigenvalue weighted by Gasteiger charge is -2.37. The zero-order valence-corrected chi connectivity index (χ0v) is 10.9. The normalized spacial score (nSPS) is 27.4. The van der Waals surface area contributed by atoms with Crippen LogP contribution in [-0.4, -0.2) is 37.1 Å². The van der Waals surface area contributed by atoms with E-state index in [-0.39, 0.29) is 0 Å². The van der Waals surface area contributed by atoms with Crippen molar-refractivity contribution in [3.63, 3.8) is 0 Å². The van der Waals surface area contributed by atoms with Crippen LogP contribution in [-0.2, 0) is 0 Å². The highest BCUT2D eigenvalue weighted by atomic mass is 15.2. The molecule has 2 heteroatoms. The molecule has 1 rings (SSSR count). The molecule has 0 aromatic carbocycles. The van der Waals surface area contributed by atoms with Gasteiger partial charge in [-0.2, -0.15) is 0 Å². The first-order valence-electron chi connectivity index (χ1n) is 6.59. The Hall–Kier alpha value is -0.0800. The summed E-state index contributed by atoms with van der Waals surface area (Å²) in [7, 11) is 0. The van der Waals surface area contributed by atoms with E-state index in [2.05, 4.69) is 37.9 Å². The standard InChI is InChI=1S/C13H28N2/c1-5-13(11(2)3)15-8-6-7-14-9-12(4)10-15/h11-14H,5-10H2,1-4H3. The van der Waals surface area contributed by atoms with Gasteiger partial charge in [-0.15, -0.1) is 0 Å². The predicted octanol–water partition coefficient (Wildman–Crippen LogP) is 2.35. The number of hydrogen-bond donors (Lipinski definition) is 1. The Bertz CT molecular complexity index is 168. The summed E-state index contributed by atoms with van der Waals surface area (Å²) in [6.45, 7) is 14.3. The van der Waals surface area contributed by atoms with Crippen molar-refractivity contribution in [3.05, 3.63) is 0 Å². The number of nitrogens with zero attached hydrogens (tertiary/aromatic N) is 1. The second-order valence-corrected chi connectivity index (χ2v) is 5.38. The monoisotopic (exact) mass is 212 g/mol. The highest BCUT2D eigenvalue weighted by molar-refractivity contribution is 4.77. The van der Waals surface area contributed by atoms with Crippen LogP contribution in [0.1, 0.15) is 40.5 Å². The molecule has 90 valence electrons. The molecule has 1 aliphatic rings. The minimum Gasteiger partial charge on any atom is -0.316 e. The van der Waals surface area contributed by atoms with Crippen molar-refractivity contribution in [2.45, 2.75) is 46.6 Å². The third-order valence-electron chi connectivity index (χ3n) is 3.49. The first kappa shape index (κ1) is 13.0. The molecule has 1 heterocycles. The second-order valence-electron chi connectivity index (χ2n) is 5.38. The molecular weight excluding hydrogens is 184 g/mol. The van der Waals surface area contributed by atoms with Gasteiger partial charge in [-0.3, -0.25) is 4.90 Å². The fraction of sp³-hybridized carbons (Fsp3) is 1.00. The van der Waals surface area contributed by atoms with E-state index in [0.717, 1.165) is 17.9 Å². The van der Waals surface area contributed by atoms with Crippen molar-refractivity contribution in [1.82, 2.24) is 10.2 Å². The fourth-order valence-electron chi connectivity index (χ4n) is 2.76. The van der Waals surface area contributed by atoms with Crippen molar-refractivity contribution < 1.29 is 0 Å². The molecule has 0 aliphatic carbocycles. The third-order valence-corrected chi connectivity index (χ3v) is 3.49. The second kappa shape index (κ2) is 6.49. The van der Waals surface area contributed by atoms with Gasteiger partial charge in [0.1, 0.15) is 0 Å². The zero-order valence-electron chi connectivity index (χ0n) is 10.9. The first-order valence-corrected chi connectivity index (χ1v) is 6.59. The van der Waals surface area contributed by atoms with Gasteiger partial charge in [-0.25, -0.2) is 0 Å². The van der Waals surface area contributed by atoms with Crippen LogP contribution >= 0.6 is 0 Å². The summed E-state index contributed by atoms with van der Waals surface area (Å²) in [5, 5.41) is 3.52. The van der Waals surface area contributed by atoms with E-state index in [0.29, 0.717) is 0 Å². The van der Waals surface area contributed by atoms with Crippen molar-refractivity contribution in [2.24, 2.45) is 11.8 Å². The average molecular weight is 212 g/mol. The largest absolute Gasteiger partial charge is 0.316 e. The summed E-state index contributed by atoms with van der Waals surface area (Å²) >= 11 is 0. The molecule has 2 nitrogen and oxygen atoms in total. The third kappa shape index (κ3) is 4.12. The van der Waals surface area contributed by atoms with Crippen molar-refractivity contribution in [1.29, 1.82) is 0 Å². The molecule has 0 spiro atoms. The van der Waals surface area contributed by atoms with Crippen LogP contribution in [0, 0.1) is 11.8 Å². The van der Waals surface area contributed by atoms with E-state index in [4.69, 9.17) is 0 Å². The smallest absolute Gasteiger partial charge is 0.0116 e. The Kier molecular flexibility index (Phi) is 5.62. The van der Waals surface area contributed by atoms with Gasteiger partial charge >= 0.3 is 0 Å². The predicted molar refractivity (Wildman–Crippen MR) is 67.1 cm³/mol. The maximum Gasteiger partial charge on any atom is 0.0116 e. The molecule has 0 saturated carbocycles. The van der Waals surface area contributed by atoms with Gasteiger partial charge in [-0.1, -0.05) is 27.7 Å². The summed E-state index contributed by atoms with van der Waals surface area (Å²) in [6, 6.07) is 0.783. The maximum atomic E-state index is 3.52. The lowest BCUT2D eigenvalue weighted by Crippen LogP contribution is -2.45. The van der Waals surface area contributed by atoms with E-state index >= 15 is 0 Å². The van der Waals surface area contributed by atoms with Crippen LogP contribution in [0.4, 0.5) is 0 Å². The summed E-state index contributed by atoms with van der Waals surface area (Å²) < 4.78 is 0. The Labute approximate surface area is 95.4 Å². The molecule has 1 saturated heterocycles. The van der Waals surface area contributed by atoms with Crippen molar-refractivity contribution in [3.8, 4) is 0 Å². The summed E-state index contributed by atoms with van der Waals surface area (Å²) in [6.07, 6.45) is 2.59. The van der Waals surface area contributed by atoms with Crippen molar-refractivity contribution in [2.75, 3.05) is 26.2 Å². The van der Waals surface area contributed by atoms with Crippen LogP contribution in [0.25, 0.3) is 0 Å². The van der Waals surface area contributed by atoms with Gasteiger partial charge in [0.15, 0.2) is 0 Å². The molecule has 0 radical (unpaired) electrons. The lowest BCUT2D eigenvalue weighted by atomic mass is 9.97. The fourth-order valence-corrected chi connectivity index (χ4v) is 2.76. The highest BCUT2D eigenvalue weighted by Gasteiger charge is 2.22. The average Bonchev–Trinajstić information content (AvgIpc) is 2.13.